The smallest absolute Gasteiger partial charge is 0.314 e. The van der Waals surface area contributed by atoms with Crippen LogP contribution in [0.2, 0.25) is 0 Å². The maximum Gasteiger partial charge on any atom is 0.314 e. The van der Waals surface area contributed by atoms with E-state index >= 15 is 0 Å². The van der Waals surface area contributed by atoms with Crippen molar-refractivity contribution >= 4 is 12.0 Å². The summed E-state index contributed by atoms with van der Waals surface area (Å²) in [6.45, 7) is 2.84. The Kier molecular flexibility index (Phi) is 6.68. The maximum absolute atomic E-state index is 10.9. The lowest BCUT2D eigenvalue weighted by Crippen LogP contribution is -2.37. The van der Waals surface area contributed by atoms with Gasteiger partial charge in [0.2, 0.25) is 0 Å². The van der Waals surface area contributed by atoms with Crippen LogP contribution in [0, 0.1) is 0 Å². The molecule has 0 bridgehead atoms. The largest absolute Gasteiger partial charge is 0.481 e. The third-order valence-electron chi connectivity index (χ3n) is 1.44. The first-order valence-electron chi connectivity index (χ1n) is 4.40. The second kappa shape index (κ2) is 7.39. The van der Waals surface area contributed by atoms with Gasteiger partial charge in [-0.3, -0.25) is 4.79 Å². The number of hydrogen-bond donors (Lipinski definition) is 3. The number of amides is 2. The molecule has 0 radical (unpaired) electrons. The summed E-state index contributed by atoms with van der Waals surface area (Å²) in [7, 11) is 0. The van der Waals surface area contributed by atoms with Gasteiger partial charge in [-0.1, -0.05) is 13.3 Å². The lowest BCUT2D eigenvalue weighted by atomic mass is 10.3. The molecule has 0 aliphatic carbocycles. The van der Waals surface area contributed by atoms with Gasteiger partial charge in [-0.25, -0.2) is 4.79 Å². The van der Waals surface area contributed by atoms with E-state index in [1.807, 2.05) is 6.92 Å². The van der Waals surface area contributed by atoms with Crippen molar-refractivity contribution in [3.63, 3.8) is 0 Å². The predicted octanol–water partition coefficient (Wildman–Crippen LogP) is 0.560. The first-order chi connectivity index (χ1) is 6.16. The van der Waals surface area contributed by atoms with Crippen molar-refractivity contribution in [2.24, 2.45) is 0 Å². The van der Waals surface area contributed by atoms with Crippen LogP contribution in [0.3, 0.4) is 0 Å². The van der Waals surface area contributed by atoms with Crippen LogP contribution in [0.5, 0.6) is 0 Å². The number of urea groups is 1. The topological polar surface area (TPSA) is 78.4 Å². The first kappa shape index (κ1) is 11.7. The molecule has 0 unspecified atom stereocenters. The van der Waals surface area contributed by atoms with Gasteiger partial charge in [0.25, 0.3) is 0 Å². The number of hydrogen-bond acceptors (Lipinski definition) is 2. The van der Waals surface area contributed by atoms with Crippen LogP contribution in [-0.2, 0) is 4.79 Å². The Balaban J connectivity index is 3.25. The van der Waals surface area contributed by atoms with E-state index in [9.17, 15) is 9.59 Å². The van der Waals surface area contributed by atoms with Crippen LogP contribution in [0.25, 0.3) is 0 Å². The van der Waals surface area contributed by atoms with Gasteiger partial charge in [0, 0.05) is 13.1 Å². The van der Waals surface area contributed by atoms with Crippen LogP contribution in [-0.4, -0.2) is 30.2 Å². The average molecular weight is 188 g/mol. The third-order valence-corrected chi connectivity index (χ3v) is 1.44. The van der Waals surface area contributed by atoms with E-state index in [2.05, 4.69) is 10.6 Å². The van der Waals surface area contributed by atoms with Gasteiger partial charge in [-0.15, -0.1) is 0 Å². The number of carbonyl (C=O) groups is 2. The number of carbonyl (C=O) groups excluding carboxylic acids is 1. The second-order valence-electron chi connectivity index (χ2n) is 2.68. The van der Waals surface area contributed by atoms with Gasteiger partial charge in [0.1, 0.15) is 0 Å². The fourth-order valence-electron chi connectivity index (χ4n) is 0.724. The molecule has 3 N–H and O–H groups in total. The number of unbranched alkanes of at least 4 members (excludes halogenated alkanes) is 1. The first-order valence-corrected chi connectivity index (χ1v) is 4.40. The van der Waals surface area contributed by atoms with E-state index in [-0.39, 0.29) is 19.0 Å². The zero-order valence-electron chi connectivity index (χ0n) is 7.80. The Bertz CT molecular complexity index is 171. The summed E-state index contributed by atoms with van der Waals surface area (Å²) >= 11 is 0. The fraction of sp³-hybridized carbons (Fsp3) is 0.750. The molecule has 0 saturated heterocycles. The minimum Gasteiger partial charge on any atom is -0.481 e. The van der Waals surface area contributed by atoms with Crippen LogP contribution >= 0.6 is 0 Å². The van der Waals surface area contributed by atoms with E-state index in [4.69, 9.17) is 5.11 Å². The number of rotatable bonds is 6. The summed E-state index contributed by atoms with van der Waals surface area (Å²) in [5, 5.41) is 13.3. The van der Waals surface area contributed by atoms with Gasteiger partial charge < -0.3 is 15.7 Å². The molecule has 5 heteroatoms. The fourth-order valence-corrected chi connectivity index (χ4v) is 0.724. The molecule has 0 rings (SSSR count). The summed E-state index contributed by atoms with van der Waals surface area (Å²) in [5.74, 6) is -0.908. The highest BCUT2D eigenvalue weighted by Gasteiger charge is 2.00. The highest BCUT2D eigenvalue weighted by atomic mass is 16.4. The molecule has 76 valence electrons. The molecule has 0 aliphatic heterocycles. The molecule has 0 spiro atoms. The maximum atomic E-state index is 10.9. The van der Waals surface area contributed by atoms with Crippen molar-refractivity contribution in [3.8, 4) is 0 Å². The quantitative estimate of drug-likeness (QED) is 0.533. The molecular weight excluding hydrogens is 172 g/mol. The number of nitrogens with one attached hydrogen (secondary N) is 2. The molecule has 13 heavy (non-hydrogen) atoms. The van der Waals surface area contributed by atoms with Gasteiger partial charge in [-0.05, 0) is 6.42 Å². The number of carboxylic acid groups (broad SMARTS) is 1. The summed E-state index contributed by atoms with van der Waals surface area (Å²) in [6.07, 6.45) is 1.92. The van der Waals surface area contributed by atoms with Crippen LogP contribution in [0.1, 0.15) is 26.2 Å². The molecule has 0 saturated carbocycles. The van der Waals surface area contributed by atoms with E-state index in [0.29, 0.717) is 6.54 Å². The zero-order valence-corrected chi connectivity index (χ0v) is 7.80. The molecule has 0 atom stereocenters. The van der Waals surface area contributed by atoms with Gasteiger partial charge in [0.15, 0.2) is 0 Å². The van der Waals surface area contributed by atoms with Crippen molar-refractivity contribution in [1.82, 2.24) is 10.6 Å². The summed E-state index contributed by atoms with van der Waals surface area (Å²) < 4.78 is 0. The highest BCUT2D eigenvalue weighted by molar-refractivity contribution is 5.74. The Morgan fingerprint density at radius 2 is 1.85 bits per heavy atom. The van der Waals surface area contributed by atoms with Crippen LogP contribution in [0.4, 0.5) is 4.79 Å². The predicted molar refractivity (Wildman–Crippen MR) is 48.6 cm³/mol. The van der Waals surface area contributed by atoms with Crippen molar-refractivity contribution in [2.45, 2.75) is 26.2 Å². The molecule has 0 fully saturated rings. The third kappa shape index (κ3) is 8.65. The summed E-state index contributed by atoms with van der Waals surface area (Å²) in [5.41, 5.74) is 0. The number of carboxylic acids is 1. The second-order valence-corrected chi connectivity index (χ2v) is 2.68. The summed E-state index contributed by atoms with van der Waals surface area (Å²) in [6, 6.07) is -0.297. The minimum atomic E-state index is -0.908. The SMILES string of the molecule is CCCCNC(=O)NCCC(=O)O. The Morgan fingerprint density at radius 1 is 1.23 bits per heavy atom. The number of aliphatic carboxylic acids is 1. The van der Waals surface area contributed by atoms with Crippen LogP contribution < -0.4 is 10.6 Å². The average Bonchev–Trinajstić information content (AvgIpc) is 2.04. The molecule has 0 aliphatic rings. The standard InChI is InChI=1S/C8H16N2O3/c1-2-3-5-9-8(13)10-6-4-7(11)12/h2-6H2,1H3,(H,11,12)(H2,9,10,13). The van der Waals surface area contributed by atoms with Crippen LogP contribution in [0.15, 0.2) is 0 Å². The normalized spacial score (nSPS) is 9.31. The summed E-state index contributed by atoms with van der Waals surface area (Å²) in [4.78, 5) is 21.0. The minimum absolute atomic E-state index is 0.0405. The van der Waals surface area contributed by atoms with Gasteiger partial charge >= 0.3 is 12.0 Å². The zero-order chi connectivity index (χ0) is 10.1. The van der Waals surface area contributed by atoms with Crippen molar-refractivity contribution in [2.75, 3.05) is 13.1 Å². The lowest BCUT2D eigenvalue weighted by molar-refractivity contribution is -0.136. The Morgan fingerprint density at radius 3 is 2.38 bits per heavy atom. The van der Waals surface area contributed by atoms with E-state index < -0.39 is 5.97 Å². The monoisotopic (exact) mass is 188 g/mol. The highest BCUT2D eigenvalue weighted by Crippen LogP contribution is 1.82. The lowest BCUT2D eigenvalue weighted by Gasteiger charge is -2.04. The van der Waals surface area contributed by atoms with Gasteiger partial charge in [0.05, 0.1) is 6.42 Å². The van der Waals surface area contributed by atoms with E-state index in [0.717, 1.165) is 12.8 Å². The van der Waals surface area contributed by atoms with E-state index in [1.54, 1.807) is 0 Å². The molecule has 0 aromatic rings. The molecular formula is C8H16N2O3. The van der Waals surface area contributed by atoms with Crippen molar-refractivity contribution in [1.29, 1.82) is 0 Å². The molecule has 2 amide bonds. The Labute approximate surface area is 77.5 Å². The molecule has 5 nitrogen and oxygen atoms in total. The van der Waals surface area contributed by atoms with Crippen molar-refractivity contribution < 1.29 is 14.7 Å². The van der Waals surface area contributed by atoms with Gasteiger partial charge in [-0.2, -0.15) is 0 Å². The molecule has 0 heterocycles. The van der Waals surface area contributed by atoms with E-state index in [1.165, 1.54) is 0 Å². The molecule has 0 aromatic heterocycles. The van der Waals surface area contributed by atoms with Crippen molar-refractivity contribution in [3.05, 3.63) is 0 Å². The molecule has 0 aromatic carbocycles. The Hall–Kier alpha value is -1.26.